The Balaban J connectivity index is 1.33. The fraction of sp³-hybridized carbons (Fsp3) is 0.160. The van der Waals surface area contributed by atoms with Crippen LogP contribution in [0.15, 0.2) is 89.8 Å². The number of rotatable bonds is 7. The lowest BCUT2D eigenvalue weighted by Crippen LogP contribution is -2.40. The van der Waals surface area contributed by atoms with Gasteiger partial charge in [0.2, 0.25) is 15.9 Å². The average Bonchev–Trinajstić information content (AvgIpc) is 2.85. The summed E-state index contributed by atoms with van der Waals surface area (Å²) in [7, 11) is -3.53. The number of nitrogens with zero attached hydrogens (tertiary/aromatic N) is 1. The first kappa shape index (κ1) is 22.7. The molecule has 33 heavy (non-hydrogen) atoms. The van der Waals surface area contributed by atoms with E-state index in [2.05, 4.69) is 5.32 Å². The number of hydrogen-bond acceptors (Lipinski definition) is 5. The van der Waals surface area contributed by atoms with E-state index in [1.54, 1.807) is 54.6 Å². The predicted molar refractivity (Wildman–Crippen MR) is 127 cm³/mol. The van der Waals surface area contributed by atoms with Crippen molar-refractivity contribution in [2.75, 3.05) is 31.6 Å². The van der Waals surface area contributed by atoms with Gasteiger partial charge >= 0.3 is 0 Å². The van der Waals surface area contributed by atoms with Gasteiger partial charge in [-0.05, 0) is 60.2 Å². The molecule has 3 aromatic carbocycles. The van der Waals surface area contributed by atoms with Crippen molar-refractivity contribution in [2.24, 2.45) is 0 Å². The standard InChI is InChI=1S/C25H24N2O5S/c28-25(26-21-9-11-23(12-10-21)32-22-4-2-1-3-5-22)15-8-20-6-13-24(14-7-20)33(29,30)27-16-18-31-19-17-27/h1-15H,16-19H2,(H,26,28). The van der Waals surface area contributed by atoms with Crippen molar-refractivity contribution in [3.05, 3.63) is 90.5 Å². The van der Waals surface area contributed by atoms with E-state index in [4.69, 9.17) is 9.47 Å². The Labute approximate surface area is 193 Å². The minimum absolute atomic E-state index is 0.226. The third-order valence-corrected chi connectivity index (χ3v) is 6.93. The summed E-state index contributed by atoms with van der Waals surface area (Å²) in [5.74, 6) is 1.11. The molecule has 0 radical (unpaired) electrons. The Kier molecular flexibility index (Phi) is 7.19. The zero-order chi connectivity index (χ0) is 23.1. The number of nitrogens with one attached hydrogen (secondary N) is 1. The molecule has 0 aliphatic carbocycles. The maximum atomic E-state index is 12.7. The number of hydrogen-bond donors (Lipinski definition) is 1. The summed E-state index contributed by atoms with van der Waals surface area (Å²) in [5, 5.41) is 2.79. The Morgan fingerprint density at radius 1 is 0.879 bits per heavy atom. The summed E-state index contributed by atoms with van der Waals surface area (Å²) >= 11 is 0. The minimum atomic E-state index is -3.53. The highest BCUT2D eigenvalue weighted by molar-refractivity contribution is 7.89. The molecule has 1 N–H and O–H groups in total. The van der Waals surface area contributed by atoms with E-state index in [0.717, 1.165) is 11.3 Å². The first-order valence-electron chi connectivity index (χ1n) is 10.5. The van der Waals surface area contributed by atoms with Gasteiger partial charge < -0.3 is 14.8 Å². The van der Waals surface area contributed by atoms with Crippen molar-refractivity contribution in [2.45, 2.75) is 4.90 Å². The summed E-state index contributed by atoms with van der Waals surface area (Å²) in [6, 6.07) is 23.0. The van der Waals surface area contributed by atoms with E-state index < -0.39 is 10.0 Å². The van der Waals surface area contributed by atoms with Gasteiger partial charge in [0.25, 0.3) is 0 Å². The molecule has 7 nitrogen and oxygen atoms in total. The van der Waals surface area contributed by atoms with Crippen molar-refractivity contribution in [3.63, 3.8) is 0 Å². The largest absolute Gasteiger partial charge is 0.457 e. The van der Waals surface area contributed by atoms with Gasteiger partial charge in [0, 0.05) is 24.9 Å². The van der Waals surface area contributed by atoms with Crippen LogP contribution >= 0.6 is 0 Å². The number of morpholine rings is 1. The number of amides is 1. The van der Waals surface area contributed by atoms with Crippen LogP contribution in [0.4, 0.5) is 5.69 Å². The van der Waals surface area contributed by atoms with Crippen molar-refractivity contribution in [1.82, 2.24) is 4.31 Å². The van der Waals surface area contributed by atoms with Crippen LogP contribution in [0, 0.1) is 0 Å². The molecule has 0 bridgehead atoms. The van der Waals surface area contributed by atoms with Crippen LogP contribution in [0.25, 0.3) is 6.08 Å². The van der Waals surface area contributed by atoms with Crippen molar-refractivity contribution in [3.8, 4) is 11.5 Å². The quantitative estimate of drug-likeness (QED) is 0.531. The zero-order valence-electron chi connectivity index (χ0n) is 17.9. The number of carbonyl (C=O) groups is 1. The third-order valence-electron chi connectivity index (χ3n) is 5.02. The van der Waals surface area contributed by atoms with Crippen LogP contribution in [0.3, 0.4) is 0 Å². The first-order valence-corrected chi connectivity index (χ1v) is 11.9. The lowest BCUT2D eigenvalue weighted by Gasteiger charge is -2.26. The fourth-order valence-corrected chi connectivity index (χ4v) is 4.68. The molecular formula is C25H24N2O5S. The highest BCUT2D eigenvalue weighted by atomic mass is 32.2. The number of anilines is 1. The summed E-state index contributed by atoms with van der Waals surface area (Å²) in [4.78, 5) is 12.5. The minimum Gasteiger partial charge on any atom is -0.457 e. The van der Waals surface area contributed by atoms with Gasteiger partial charge in [-0.3, -0.25) is 4.79 Å². The maximum Gasteiger partial charge on any atom is 0.248 e. The van der Waals surface area contributed by atoms with Crippen molar-refractivity contribution < 1.29 is 22.7 Å². The number of benzene rings is 3. The van der Waals surface area contributed by atoms with Gasteiger partial charge in [-0.25, -0.2) is 8.42 Å². The van der Waals surface area contributed by atoms with Crippen molar-refractivity contribution >= 4 is 27.7 Å². The number of ether oxygens (including phenoxy) is 2. The molecule has 0 atom stereocenters. The number of para-hydroxylation sites is 1. The maximum absolute atomic E-state index is 12.7. The lowest BCUT2D eigenvalue weighted by molar-refractivity contribution is -0.111. The molecule has 0 aromatic heterocycles. The van der Waals surface area contributed by atoms with E-state index in [9.17, 15) is 13.2 Å². The molecule has 1 aliphatic heterocycles. The lowest BCUT2D eigenvalue weighted by atomic mass is 10.2. The SMILES string of the molecule is O=C(C=Cc1ccc(S(=O)(=O)N2CCOCC2)cc1)Nc1ccc(Oc2ccccc2)cc1. The third kappa shape index (κ3) is 6.07. The van der Waals surface area contributed by atoms with Crippen LogP contribution in [0.2, 0.25) is 0 Å². The van der Waals surface area contributed by atoms with Gasteiger partial charge in [0.05, 0.1) is 18.1 Å². The highest BCUT2D eigenvalue weighted by Gasteiger charge is 2.25. The molecule has 0 unspecified atom stereocenters. The molecule has 0 spiro atoms. The second-order valence-corrected chi connectivity index (χ2v) is 9.29. The van der Waals surface area contributed by atoms with Gasteiger partial charge in [-0.2, -0.15) is 4.31 Å². The van der Waals surface area contributed by atoms with E-state index >= 15 is 0 Å². The molecule has 1 heterocycles. The monoisotopic (exact) mass is 464 g/mol. The molecule has 4 rings (SSSR count). The Bertz CT molecular complexity index is 1200. The Hall–Kier alpha value is -3.46. The van der Waals surface area contributed by atoms with Gasteiger partial charge in [0.15, 0.2) is 0 Å². The molecule has 1 aliphatic rings. The van der Waals surface area contributed by atoms with Crippen LogP contribution in [-0.2, 0) is 19.6 Å². The van der Waals surface area contributed by atoms with E-state index in [-0.39, 0.29) is 10.8 Å². The number of sulfonamides is 1. The van der Waals surface area contributed by atoms with Crippen LogP contribution in [0.5, 0.6) is 11.5 Å². The Morgan fingerprint density at radius 2 is 1.52 bits per heavy atom. The Morgan fingerprint density at radius 3 is 2.18 bits per heavy atom. The fourth-order valence-electron chi connectivity index (χ4n) is 3.27. The zero-order valence-corrected chi connectivity index (χ0v) is 18.7. The highest BCUT2D eigenvalue weighted by Crippen LogP contribution is 2.23. The van der Waals surface area contributed by atoms with Crippen molar-refractivity contribution in [1.29, 1.82) is 0 Å². The molecule has 1 saturated heterocycles. The topological polar surface area (TPSA) is 84.9 Å². The summed E-state index contributed by atoms with van der Waals surface area (Å²) < 4.78 is 37.7. The normalized spacial score (nSPS) is 14.8. The second kappa shape index (κ2) is 10.4. The van der Waals surface area contributed by atoms with Gasteiger partial charge in [-0.15, -0.1) is 0 Å². The first-order chi connectivity index (χ1) is 16.0. The molecule has 1 amide bonds. The van der Waals surface area contributed by atoms with Crippen LogP contribution < -0.4 is 10.1 Å². The van der Waals surface area contributed by atoms with E-state index in [1.165, 1.54) is 10.4 Å². The summed E-state index contributed by atoms with van der Waals surface area (Å²) in [6.45, 7) is 1.50. The molecule has 3 aromatic rings. The molecular weight excluding hydrogens is 440 g/mol. The molecule has 8 heteroatoms. The molecule has 0 saturated carbocycles. The van der Waals surface area contributed by atoms with E-state index in [1.807, 2.05) is 30.3 Å². The second-order valence-electron chi connectivity index (χ2n) is 7.35. The van der Waals surface area contributed by atoms with Crippen LogP contribution in [-0.4, -0.2) is 44.9 Å². The summed E-state index contributed by atoms with van der Waals surface area (Å²) in [5.41, 5.74) is 1.36. The van der Waals surface area contributed by atoms with E-state index in [0.29, 0.717) is 37.7 Å². The van der Waals surface area contributed by atoms with Crippen LogP contribution in [0.1, 0.15) is 5.56 Å². The average molecular weight is 465 g/mol. The summed E-state index contributed by atoms with van der Waals surface area (Å²) in [6.07, 6.45) is 3.03. The number of carbonyl (C=O) groups excluding carboxylic acids is 1. The smallest absolute Gasteiger partial charge is 0.248 e. The molecule has 170 valence electrons. The van der Waals surface area contributed by atoms with Gasteiger partial charge in [0.1, 0.15) is 11.5 Å². The van der Waals surface area contributed by atoms with Gasteiger partial charge in [-0.1, -0.05) is 30.3 Å². The molecule has 1 fully saturated rings. The predicted octanol–water partition coefficient (Wildman–Crippen LogP) is 4.15.